The Balaban J connectivity index is 1.26. The molecule has 0 aromatic carbocycles. The van der Waals surface area contributed by atoms with Gasteiger partial charge in [0.15, 0.2) is 13.2 Å². The predicted molar refractivity (Wildman–Crippen MR) is 102 cm³/mol. The third kappa shape index (κ3) is 5.22. The van der Waals surface area contributed by atoms with E-state index in [0.717, 1.165) is 49.7 Å². The van der Waals surface area contributed by atoms with Gasteiger partial charge in [-0.1, -0.05) is 0 Å². The molecule has 1 saturated heterocycles. The second-order valence-electron chi connectivity index (χ2n) is 7.47. The minimum atomic E-state index is 0.191. The first-order valence-electron chi connectivity index (χ1n) is 9.49. The van der Waals surface area contributed by atoms with Crippen molar-refractivity contribution in [1.29, 1.82) is 0 Å². The summed E-state index contributed by atoms with van der Waals surface area (Å²) in [5, 5.41) is 10.7. The molecule has 0 bridgehead atoms. The maximum absolute atomic E-state index is 11.9. The fourth-order valence-electron chi connectivity index (χ4n) is 3.40. The van der Waals surface area contributed by atoms with Gasteiger partial charge < -0.3 is 19.5 Å². The number of rotatable bonds is 7. The van der Waals surface area contributed by atoms with Crippen molar-refractivity contribution < 1.29 is 19.0 Å². The molecular formula is C17H26N6O2S2+2. The molecule has 146 valence electrons. The van der Waals surface area contributed by atoms with Gasteiger partial charge in [-0.2, -0.15) is 4.68 Å². The monoisotopic (exact) mass is 410 g/mol. The number of carbonyl (C=O) groups excluding carboxylic acids is 1. The molecule has 1 amide bonds. The Morgan fingerprint density at radius 2 is 2.11 bits per heavy atom. The molecule has 1 aliphatic carbocycles. The molecule has 3 N–H and O–H groups in total. The van der Waals surface area contributed by atoms with E-state index >= 15 is 0 Å². The Bertz CT molecular complexity index is 848. The van der Waals surface area contributed by atoms with Gasteiger partial charge in [0, 0.05) is 11.4 Å². The van der Waals surface area contributed by atoms with Gasteiger partial charge in [-0.25, -0.2) is 4.98 Å². The van der Waals surface area contributed by atoms with Crippen molar-refractivity contribution in [2.45, 2.75) is 38.9 Å². The quantitative estimate of drug-likeness (QED) is 0.488. The van der Waals surface area contributed by atoms with Crippen LogP contribution >= 0.6 is 23.6 Å². The van der Waals surface area contributed by atoms with Crippen molar-refractivity contribution in [3.05, 3.63) is 26.8 Å². The van der Waals surface area contributed by atoms with Crippen LogP contribution in [0.3, 0.4) is 0 Å². The van der Waals surface area contributed by atoms with E-state index in [2.05, 4.69) is 15.4 Å². The number of hydrogen-bond acceptors (Lipinski definition) is 6. The zero-order chi connectivity index (χ0) is 18.8. The number of quaternary nitrogens is 2. The Kier molecular flexibility index (Phi) is 5.67. The lowest BCUT2D eigenvalue weighted by Gasteiger charge is -2.28. The number of aryl methyl sites for hydroxylation is 1. The molecule has 10 heteroatoms. The zero-order valence-corrected chi connectivity index (χ0v) is 17.1. The SMILES string of the molecule is Cc1nc(Cc2nn(C[NH+]3CC[NH+](CC(=O)NC4CC4)CC3)c(=S)o2)cs1. The van der Waals surface area contributed by atoms with Crippen molar-refractivity contribution in [3.63, 3.8) is 0 Å². The van der Waals surface area contributed by atoms with Gasteiger partial charge in [0.1, 0.15) is 26.2 Å². The topological polar surface area (TPSA) is 81.8 Å². The lowest BCUT2D eigenvalue weighted by Crippen LogP contribution is -3.28. The Labute approximate surface area is 167 Å². The first-order chi connectivity index (χ1) is 13.0. The number of aromatic nitrogens is 3. The molecule has 0 unspecified atom stereocenters. The number of nitrogens with zero attached hydrogens (tertiary/aromatic N) is 3. The first-order valence-corrected chi connectivity index (χ1v) is 10.8. The van der Waals surface area contributed by atoms with E-state index in [0.29, 0.717) is 36.4 Å². The van der Waals surface area contributed by atoms with E-state index in [1.165, 1.54) is 9.80 Å². The molecule has 2 fully saturated rings. The fraction of sp³-hybridized carbons (Fsp3) is 0.647. The summed E-state index contributed by atoms with van der Waals surface area (Å²) in [6, 6.07) is 0.445. The molecule has 2 aromatic heterocycles. The van der Waals surface area contributed by atoms with Gasteiger partial charge >= 0.3 is 0 Å². The van der Waals surface area contributed by atoms with Crippen molar-refractivity contribution in [1.82, 2.24) is 20.1 Å². The fourth-order valence-corrected chi connectivity index (χ4v) is 4.22. The molecule has 1 aliphatic heterocycles. The summed E-state index contributed by atoms with van der Waals surface area (Å²) >= 11 is 6.96. The molecule has 1 saturated carbocycles. The highest BCUT2D eigenvalue weighted by Crippen LogP contribution is 2.18. The molecule has 27 heavy (non-hydrogen) atoms. The predicted octanol–water partition coefficient (Wildman–Crippen LogP) is -1.42. The van der Waals surface area contributed by atoms with Crippen LogP contribution in [0.2, 0.25) is 0 Å². The van der Waals surface area contributed by atoms with Crippen LogP contribution in [0.5, 0.6) is 0 Å². The van der Waals surface area contributed by atoms with Gasteiger partial charge in [-0.05, 0) is 32.0 Å². The van der Waals surface area contributed by atoms with Gasteiger partial charge in [-0.3, -0.25) is 4.79 Å². The van der Waals surface area contributed by atoms with Crippen LogP contribution < -0.4 is 15.1 Å². The van der Waals surface area contributed by atoms with Crippen molar-refractivity contribution >= 4 is 29.5 Å². The normalized spacial score (nSPS) is 22.7. The van der Waals surface area contributed by atoms with E-state index in [-0.39, 0.29) is 5.91 Å². The Hall–Kier alpha value is -1.62. The van der Waals surface area contributed by atoms with E-state index < -0.39 is 0 Å². The molecule has 0 spiro atoms. The smallest absolute Gasteiger partial charge is 0.291 e. The molecule has 3 heterocycles. The average Bonchev–Trinajstić information content (AvgIpc) is 3.24. The van der Waals surface area contributed by atoms with Gasteiger partial charge in [0.05, 0.1) is 17.1 Å². The van der Waals surface area contributed by atoms with Crippen LogP contribution in [-0.4, -0.2) is 59.4 Å². The zero-order valence-electron chi connectivity index (χ0n) is 15.5. The van der Waals surface area contributed by atoms with Crippen LogP contribution in [0.15, 0.2) is 9.80 Å². The maximum atomic E-state index is 11.9. The lowest BCUT2D eigenvalue weighted by atomic mass is 10.3. The van der Waals surface area contributed by atoms with Crippen molar-refractivity contribution in [2.75, 3.05) is 32.7 Å². The summed E-state index contributed by atoms with van der Waals surface area (Å²) in [5.41, 5.74) is 0.968. The van der Waals surface area contributed by atoms with Crippen LogP contribution in [0.25, 0.3) is 0 Å². The molecule has 8 nitrogen and oxygen atoms in total. The number of thiazole rings is 1. The van der Waals surface area contributed by atoms with Crippen LogP contribution in [-0.2, 0) is 17.9 Å². The van der Waals surface area contributed by atoms with Crippen LogP contribution in [0, 0.1) is 11.8 Å². The number of amides is 1. The van der Waals surface area contributed by atoms with Crippen LogP contribution in [0.1, 0.15) is 29.4 Å². The number of carbonyl (C=O) groups is 1. The highest BCUT2D eigenvalue weighted by molar-refractivity contribution is 7.71. The third-order valence-corrected chi connectivity index (χ3v) is 6.15. The summed E-state index contributed by atoms with van der Waals surface area (Å²) < 4.78 is 7.43. The average molecular weight is 411 g/mol. The number of hydrogen-bond donors (Lipinski definition) is 3. The Morgan fingerprint density at radius 3 is 2.78 bits per heavy atom. The van der Waals surface area contributed by atoms with Gasteiger partial charge in [0.2, 0.25) is 5.89 Å². The minimum Gasteiger partial charge on any atom is -0.413 e. The van der Waals surface area contributed by atoms with Crippen LogP contribution in [0.4, 0.5) is 0 Å². The minimum absolute atomic E-state index is 0.191. The summed E-state index contributed by atoms with van der Waals surface area (Å²) in [5.74, 6) is 0.808. The second kappa shape index (κ2) is 8.17. The number of nitrogens with one attached hydrogen (secondary N) is 3. The second-order valence-corrected chi connectivity index (χ2v) is 8.88. The summed E-state index contributed by atoms with van der Waals surface area (Å²) in [7, 11) is 0. The summed E-state index contributed by atoms with van der Waals surface area (Å²) in [6.45, 7) is 7.27. The van der Waals surface area contributed by atoms with E-state index in [1.807, 2.05) is 12.3 Å². The summed E-state index contributed by atoms with van der Waals surface area (Å²) in [6.07, 6.45) is 2.85. The molecule has 4 rings (SSSR count). The third-order valence-electron chi connectivity index (χ3n) is 5.04. The standard InChI is InChI=1S/C17H24N6O2S2/c1-12-18-14(10-27-12)8-16-20-23(17(26)25-16)11-22-6-4-21(5-7-22)9-15(24)19-13-2-3-13/h10,13H,2-9,11H2,1H3,(H,19,24)/p+2. The van der Waals surface area contributed by atoms with E-state index in [1.54, 1.807) is 16.0 Å². The molecule has 0 atom stereocenters. The van der Waals surface area contributed by atoms with Gasteiger partial charge in [-0.15, -0.1) is 16.4 Å². The highest BCUT2D eigenvalue weighted by Gasteiger charge is 2.28. The summed E-state index contributed by atoms with van der Waals surface area (Å²) in [4.78, 5) is 19.6. The highest BCUT2D eigenvalue weighted by atomic mass is 32.1. The molecule has 0 radical (unpaired) electrons. The molecular weight excluding hydrogens is 384 g/mol. The molecule has 2 aromatic rings. The van der Waals surface area contributed by atoms with E-state index in [4.69, 9.17) is 16.6 Å². The Morgan fingerprint density at radius 1 is 1.37 bits per heavy atom. The van der Waals surface area contributed by atoms with E-state index in [9.17, 15) is 4.79 Å². The first kappa shape index (κ1) is 18.7. The van der Waals surface area contributed by atoms with Gasteiger partial charge in [0.25, 0.3) is 10.7 Å². The molecule has 2 aliphatic rings. The van der Waals surface area contributed by atoms with Crippen molar-refractivity contribution in [2.24, 2.45) is 0 Å². The maximum Gasteiger partial charge on any atom is 0.291 e. The lowest BCUT2D eigenvalue weighted by molar-refractivity contribution is -1.02. The largest absolute Gasteiger partial charge is 0.413 e. The van der Waals surface area contributed by atoms with Crippen molar-refractivity contribution in [3.8, 4) is 0 Å². The number of piperazine rings is 1.